The molecule has 1 unspecified atom stereocenters. The average Bonchev–Trinajstić information content (AvgIpc) is 3.63. The topological polar surface area (TPSA) is 0 Å². The molecule has 4 heteroatoms. The van der Waals surface area contributed by atoms with Gasteiger partial charge in [0.2, 0.25) is 0 Å². The van der Waals surface area contributed by atoms with Gasteiger partial charge in [0, 0.05) is 0 Å². The van der Waals surface area contributed by atoms with Crippen molar-refractivity contribution in [1.82, 2.24) is 0 Å². The van der Waals surface area contributed by atoms with Crippen LogP contribution >= 0.6 is 17.0 Å². The molecule has 47 heavy (non-hydrogen) atoms. The third-order valence-electron chi connectivity index (χ3n) is 10.3. The second kappa shape index (κ2) is 12.1. The van der Waals surface area contributed by atoms with Crippen LogP contribution in [0.4, 0.5) is 0 Å². The SMILES string of the molecule is CCc1ccc2c(c1-c1cc(C(C)(C)C)cc(C(C)(C)C)c1)C=C(c1ccccc1)[CH]2[Zr]([Cl])([Cl])[c]1cccc2c1[SiH2]c1ccccc1-2. The molecule has 5 aromatic rings. The first kappa shape index (κ1) is 33.0. The Morgan fingerprint density at radius 2 is 1.32 bits per heavy atom. The second-order valence-electron chi connectivity index (χ2n) is 15.4. The summed E-state index contributed by atoms with van der Waals surface area (Å²) >= 11 is -4.18. The van der Waals surface area contributed by atoms with Crippen molar-refractivity contribution in [1.29, 1.82) is 0 Å². The van der Waals surface area contributed by atoms with Crippen molar-refractivity contribution >= 4 is 51.8 Å². The van der Waals surface area contributed by atoms with E-state index in [1.165, 1.54) is 74.9 Å². The third kappa shape index (κ3) is 5.82. The summed E-state index contributed by atoms with van der Waals surface area (Å²) in [5.74, 6) is 0. The summed E-state index contributed by atoms with van der Waals surface area (Å²) in [6, 6.07) is 38.5. The summed E-state index contributed by atoms with van der Waals surface area (Å²) in [6.45, 7) is 16.2. The molecule has 2 aliphatic rings. The molecule has 1 heterocycles. The normalized spacial score (nSPS) is 16.2. The van der Waals surface area contributed by atoms with Crippen LogP contribution in [-0.4, -0.2) is 9.52 Å². The summed E-state index contributed by atoms with van der Waals surface area (Å²) in [5, 5.41) is 2.97. The van der Waals surface area contributed by atoms with Crippen LogP contribution in [0.1, 0.15) is 85.5 Å². The minimum absolute atomic E-state index is 0.0215. The molecule has 0 amide bonds. The Kier molecular flexibility index (Phi) is 8.53. The maximum atomic E-state index is 8.07. The minimum atomic E-state index is -4.18. The zero-order chi connectivity index (χ0) is 33.3. The monoisotopic (exact) mass is 748 g/mol. The van der Waals surface area contributed by atoms with Crippen molar-refractivity contribution in [3.63, 3.8) is 0 Å². The van der Waals surface area contributed by atoms with Crippen molar-refractivity contribution in [2.24, 2.45) is 0 Å². The van der Waals surface area contributed by atoms with E-state index in [4.69, 9.17) is 17.0 Å². The first-order valence-electron chi connectivity index (χ1n) is 17.0. The summed E-state index contributed by atoms with van der Waals surface area (Å²) in [4.78, 5) is 0. The number of hydrogen-bond donors (Lipinski definition) is 0. The van der Waals surface area contributed by atoms with Gasteiger partial charge in [-0.15, -0.1) is 0 Å². The molecule has 1 aliphatic carbocycles. The Labute approximate surface area is 295 Å². The number of rotatable bonds is 5. The Morgan fingerprint density at radius 3 is 1.98 bits per heavy atom. The van der Waals surface area contributed by atoms with Crippen LogP contribution in [0.2, 0.25) is 0 Å². The van der Waals surface area contributed by atoms with Gasteiger partial charge >= 0.3 is 298 Å². The Bertz CT molecular complexity index is 2010. The van der Waals surface area contributed by atoms with E-state index in [1.807, 2.05) is 0 Å². The van der Waals surface area contributed by atoms with Gasteiger partial charge in [-0.3, -0.25) is 0 Å². The number of hydrogen-bond acceptors (Lipinski definition) is 0. The van der Waals surface area contributed by atoms with E-state index in [2.05, 4.69) is 158 Å². The van der Waals surface area contributed by atoms with Crippen LogP contribution in [0, 0.1) is 0 Å². The van der Waals surface area contributed by atoms with E-state index >= 15 is 0 Å². The predicted octanol–water partition coefficient (Wildman–Crippen LogP) is 9.99. The van der Waals surface area contributed by atoms with Crippen molar-refractivity contribution < 1.29 is 17.9 Å². The van der Waals surface area contributed by atoms with Crippen LogP contribution < -0.4 is 13.6 Å². The number of aryl methyl sites for hydroxylation is 1. The molecule has 0 saturated carbocycles. The van der Waals surface area contributed by atoms with E-state index in [-0.39, 0.29) is 14.5 Å². The van der Waals surface area contributed by atoms with Crippen molar-refractivity contribution in [3.05, 3.63) is 137 Å². The molecule has 1 atom stereocenters. The Hall–Kier alpha value is -2.48. The molecule has 5 aromatic carbocycles. The predicted molar refractivity (Wildman–Crippen MR) is 207 cm³/mol. The average molecular weight is 751 g/mol. The molecule has 0 bridgehead atoms. The zero-order valence-electron chi connectivity index (χ0n) is 28.6. The van der Waals surface area contributed by atoms with Gasteiger partial charge in [0.1, 0.15) is 0 Å². The number of allylic oxidation sites excluding steroid dienone is 1. The number of halogens is 2. The molecule has 0 fully saturated rings. The molecule has 238 valence electrons. The molecular formula is C43H44Cl2SiZr. The molecule has 0 saturated heterocycles. The summed E-state index contributed by atoms with van der Waals surface area (Å²) in [7, 11) is 15.4. The van der Waals surface area contributed by atoms with Crippen LogP contribution in [-0.2, 0) is 35.1 Å². The van der Waals surface area contributed by atoms with Gasteiger partial charge < -0.3 is 0 Å². The summed E-state index contributed by atoms with van der Waals surface area (Å²) < 4.78 is 1.25. The third-order valence-corrected chi connectivity index (χ3v) is 24.5. The van der Waals surface area contributed by atoms with Crippen LogP contribution in [0.3, 0.4) is 0 Å². The van der Waals surface area contributed by atoms with Gasteiger partial charge in [-0.1, -0.05) is 0 Å². The first-order chi connectivity index (χ1) is 22.3. The number of fused-ring (bicyclic) bond motifs is 4. The summed E-state index contributed by atoms with van der Waals surface area (Å²) in [6.07, 6.45) is 3.41. The molecule has 0 aromatic heterocycles. The molecule has 0 spiro atoms. The molecule has 1 aliphatic heterocycles. The summed E-state index contributed by atoms with van der Waals surface area (Å²) in [5.41, 5.74) is 14.6. The van der Waals surface area contributed by atoms with E-state index in [9.17, 15) is 0 Å². The molecular weight excluding hydrogens is 707 g/mol. The van der Waals surface area contributed by atoms with Gasteiger partial charge in [-0.2, -0.15) is 0 Å². The molecule has 0 nitrogen and oxygen atoms in total. The fourth-order valence-electron chi connectivity index (χ4n) is 7.66. The van der Waals surface area contributed by atoms with E-state index in [0.717, 1.165) is 6.42 Å². The van der Waals surface area contributed by atoms with Crippen LogP contribution in [0.5, 0.6) is 0 Å². The Balaban J connectivity index is 1.48. The maximum absolute atomic E-state index is 8.07. The van der Waals surface area contributed by atoms with E-state index in [1.54, 1.807) is 0 Å². The van der Waals surface area contributed by atoms with Gasteiger partial charge in [0.15, 0.2) is 0 Å². The zero-order valence-corrected chi connectivity index (χ0v) is 34.0. The fourth-order valence-corrected chi connectivity index (χ4v) is 24.1. The van der Waals surface area contributed by atoms with E-state index in [0.29, 0.717) is 0 Å². The van der Waals surface area contributed by atoms with Gasteiger partial charge in [0.25, 0.3) is 0 Å². The van der Waals surface area contributed by atoms with Crippen molar-refractivity contribution in [2.75, 3.05) is 0 Å². The van der Waals surface area contributed by atoms with E-state index < -0.39 is 27.4 Å². The standard InChI is InChI=1S/C31H35.C12H9Si.2ClH.Zr/c1-8-21-14-15-23-16-24(22-12-10-9-11-13-22)19-28(23)29(21)25-17-26(30(2,3)4)20-27(18-25)31(5,6)7;1-3-7-11-9(5-1)10-6-2-4-8-12(10)13-11;;;/h9-20H,8H2,1-7H3;1-7H,13H2;2*1H;/q;;;;+2/p-2. The quantitative estimate of drug-likeness (QED) is 0.154. The van der Waals surface area contributed by atoms with Crippen molar-refractivity contribution in [2.45, 2.75) is 69.3 Å². The first-order valence-corrected chi connectivity index (χ1v) is 27.4. The molecule has 7 rings (SSSR count). The van der Waals surface area contributed by atoms with Gasteiger partial charge in [-0.05, 0) is 0 Å². The number of benzene rings is 5. The molecule has 0 radical (unpaired) electrons. The van der Waals surface area contributed by atoms with Gasteiger partial charge in [-0.25, -0.2) is 0 Å². The Morgan fingerprint density at radius 1 is 0.681 bits per heavy atom. The fraction of sp³-hybridized carbons (Fsp3) is 0.256. The van der Waals surface area contributed by atoms with Crippen LogP contribution in [0.15, 0.2) is 103 Å². The second-order valence-corrected chi connectivity index (χ2v) is 31.3. The van der Waals surface area contributed by atoms with Crippen molar-refractivity contribution in [3.8, 4) is 22.3 Å². The van der Waals surface area contributed by atoms with Crippen LogP contribution in [0.25, 0.3) is 33.9 Å². The van der Waals surface area contributed by atoms with Gasteiger partial charge in [0.05, 0.1) is 0 Å². The molecule has 0 N–H and O–H groups in total.